The van der Waals surface area contributed by atoms with Gasteiger partial charge in [-0.15, -0.1) is 11.3 Å². The highest BCUT2D eigenvalue weighted by Gasteiger charge is 2.10. The van der Waals surface area contributed by atoms with Crippen molar-refractivity contribution in [3.05, 3.63) is 71.9 Å². The van der Waals surface area contributed by atoms with Crippen LogP contribution in [-0.2, 0) is 0 Å². The molecule has 98 valence electrons. The Morgan fingerprint density at radius 1 is 1.00 bits per heavy atom. The van der Waals surface area contributed by atoms with Crippen molar-refractivity contribution in [2.24, 2.45) is 0 Å². The highest BCUT2D eigenvalue weighted by molar-refractivity contribution is 7.17. The third-order valence-corrected chi connectivity index (χ3v) is 3.94. The number of rotatable bonds is 3. The number of hydrogen-bond donors (Lipinski definition) is 1. The van der Waals surface area contributed by atoms with Crippen molar-refractivity contribution >= 4 is 22.9 Å². The minimum atomic E-state index is -0.106. The molecule has 0 fully saturated rings. The number of carbonyl (C=O) groups excluding carboxylic acids is 1. The molecule has 0 bridgehead atoms. The van der Waals surface area contributed by atoms with Gasteiger partial charge >= 0.3 is 0 Å². The highest BCUT2D eigenvalue weighted by Crippen LogP contribution is 2.28. The number of nitrogens with zero attached hydrogens (tertiary/aromatic N) is 1. The van der Waals surface area contributed by atoms with Crippen LogP contribution in [0.4, 0.5) is 5.69 Å². The molecular weight excluding hydrogens is 268 g/mol. The molecule has 3 nitrogen and oxygen atoms in total. The monoisotopic (exact) mass is 280 g/mol. The SMILES string of the molecule is O=C(Nc1cccnc1)c1ccc(-c2ccccc2)s1. The molecule has 20 heavy (non-hydrogen) atoms. The molecule has 3 aromatic rings. The lowest BCUT2D eigenvalue weighted by Gasteiger charge is -2.01. The summed E-state index contributed by atoms with van der Waals surface area (Å²) < 4.78 is 0. The van der Waals surface area contributed by atoms with E-state index < -0.39 is 0 Å². The molecule has 1 amide bonds. The molecule has 4 heteroatoms. The fourth-order valence-corrected chi connectivity index (χ4v) is 2.75. The van der Waals surface area contributed by atoms with E-state index in [0.29, 0.717) is 10.6 Å². The minimum absolute atomic E-state index is 0.106. The molecule has 0 unspecified atom stereocenters. The van der Waals surface area contributed by atoms with Crippen molar-refractivity contribution in [3.63, 3.8) is 0 Å². The Bertz CT molecular complexity index is 708. The minimum Gasteiger partial charge on any atom is -0.320 e. The first kappa shape index (κ1) is 12.6. The summed E-state index contributed by atoms with van der Waals surface area (Å²) in [4.78, 5) is 17.9. The summed E-state index contributed by atoms with van der Waals surface area (Å²) in [5, 5.41) is 2.83. The van der Waals surface area contributed by atoms with Gasteiger partial charge in [-0.2, -0.15) is 0 Å². The Labute approximate surface area is 120 Å². The number of amides is 1. The maximum Gasteiger partial charge on any atom is 0.265 e. The molecule has 3 rings (SSSR count). The van der Waals surface area contributed by atoms with Gasteiger partial charge in [-0.1, -0.05) is 30.3 Å². The number of pyridine rings is 1. The maximum atomic E-state index is 12.1. The smallest absolute Gasteiger partial charge is 0.265 e. The Hall–Kier alpha value is -2.46. The first-order valence-corrected chi connectivity index (χ1v) is 7.01. The summed E-state index contributed by atoms with van der Waals surface area (Å²) in [6.07, 6.45) is 3.30. The van der Waals surface area contributed by atoms with Gasteiger partial charge in [0.25, 0.3) is 5.91 Å². The topological polar surface area (TPSA) is 42.0 Å². The zero-order chi connectivity index (χ0) is 13.8. The van der Waals surface area contributed by atoms with E-state index in [1.54, 1.807) is 18.5 Å². The summed E-state index contributed by atoms with van der Waals surface area (Å²) >= 11 is 1.48. The number of benzene rings is 1. The van der Waals surface area contributed by atoms with Gasteiger partial charge in [0.15, 0.2) is 0 Å². The maximum absolute atomic E-state index is 12.1. The number of anilines is 1. The fourth-order valence-electron chi connectivity index (χ4n) is 1.85. The van der Waals surface area contributed by atoms with Crippen LogP contribution in [0.2, 0.25) is 0 Å². The quantitative estimate of drug-likeness (QED) is 0.786. The molecule has 0 saturated carbocycles. The Morgan fingerprint density at radius 2 is 1.85 bits per heavy atom. The number of aromatic nitrogens is 1. The van der Waals surface area contributed by atoms with Crippen LogP contribution in [0.15, 0.2) is 67.0 Å². The molecule has 0 atom stereocenters. The van der Waals surface area contributed by atoms with Gasteiger partial charge in [0.1, 0.15) is 0 Å². The zero-order valence-corrected chi connectivity index (χ0v) is 11.4. The summed E-state index contributed by atoms with van der Waals surface area (Å²) in [5.74, 6) is -0.106. The van der Waals surface area contributed by atoms with E-state index in [1.165, 1.54) is 11.3 Å². The second-order valence-corrected chi connectivity index (χ2v) is 5.31. The van der Waals surface area contributed by atoms with Crippen molar-refractivity contribution in [2.75, 3.05) is 5.32 Å². The first-order chi connectivity index (χ1) is 9.83. The number of hydrogen-bond acceptors (Lipinski definition) is 3. The zero-order valence-electron chi connectivity index (χ0n) is 10.6. The van der Waals surface area contributed by atoms with E-state index in [1.807, 2.05) is 48.5 Å². The third-order valence-electron chi connectivity index (χ3n) is 2.81. The van der Waals surface area contributed by atoms with Crippen LogP contribution in [0, 0.1) is 0 Å². The summed E-state index contributed by atoms with van der Waals surface area (Å²) in [6, 6.07) is 17.5. The van der Waals surface area contributed by atoms with E-state index >= 15 is 0 Å². The largest absolute Gasteiger partial charge is 0.320 e. The van der Waals surface area contributed by atoms with Crippen LogP contribution in [-0.4, -0.2) is 10.9 Å². The van der Waals surface area contributed by atoms with Crippen molar-refractivity contribution in [2.45, 2.75) is 0 Å². The molecule has 0 spiro atoms. The van der Waals surface area contributed by atoms with Gasteiger partial charge in [0.05, 0.1) is 16.8 Å². The van der Waals surface area contributed by atoms with E-state index in [2.05, 4.69) is 10.3 Å². The Kier molecular flexibility index (Phi) is 3.56. The standard InChI is InChI=1S/C16H12N2OS/c19-16(18-13-7-4-10-17-11-13)15-9-8-14(20-15)12-5-2-1-3-6-12/h1-11H,(H,18,19). The number of carbonyl (C=O) groups is 1. The van der Waals surface area contributed by atoms with Crippen LogP contribution in [0.3, 0.4) is 0 Å². The van der Waals surface area contributed by atoms with Crippen LogP contribution in [0.25, 0.3) is 10.4 Å². The second kappa shape index (κ2) is 5.67. The molecule has 0 radical (unpaired) electrons. The van der Waals surface area contributed by atoms with E-state index in [4.69, 9.17) is 0 Å². The summed E-state index contributed by atoms with van der Waals surface area (Å²) in [6.45, 7) is 0. The number of thiophene rings is 1. The molecule has 0 saturated heterocycles. The Balaban J connectivity index is 1.79. The van der Waals surface area contributed by atoms with E-state index in [9.17, 15) is 4.79 Å². The highest BCUT2D eigenvalue weighted by atomic mass is 32.1. The molecule has 0 aliphatic heterocycles. The lowest BCUT2D eigenvalue weighted by atomic mass is 10.2. The second-order valence-electron chi connectivity index (χ2n) is 4.23. The van der Waals surface area contributed by atoms with Crippen molar-refractivity contribution in [3.8, 4) is 10.4 Å². The van der Waals surface area contributed by atoms with Gasteiger partial charge in [-0.25, -0.2) is 0 Å². The van der Waals surface area contributed by atoms with Gasteiger partial charge in [0.2, 0.25) is 0 Å². The molecule has 2 aromatic heterocycles. The molecule has 0 aliphatic rings. The first-order valence-electron chi connectivity index (χ1n) is 6.19. The van der Waals surface area contributed by atoms with E-state index in [-0.39, 0.29) is 5.91 Å². The predicted molar refractivity (Wildman–Crippen MR) is 81.9 cm³/mol. The summed E-state index contributed by atoms with van der Waals surface area (Å²) in [7, 11) is 0. The van der Waals surface area contributed by atoms with Crippen LogP contribution >= 0.6 is 11.3 Å². The molecular formula is C16H12N2OS. The van der Waals surface area contributed by atoms with Crippen LogP contribution < -0.4 is 5.32 Å². The molecule has 1 aromatic carbocycles. The van der Waals surface area contributed by atoms with Crippen LogP contribution in [0.1, 0.15) is 9.67 Å². The molecule has 1 N–H and O–H groups in total. The fraction of sp³-hybridized carbons (Fsp3) is 0. The van der Waals surface area contributed by atoms with Crippen molar-refractivity contribution < 1.29 is 4.79 Å². The lowest BCUT2D eigenvalue weighted by Crippen LogP contribution is -2.09. The average molecular weight is 280 g/mol. The Morgan fingerprint density at radius 3 is 2.60 bits per heavy atom. The summed E-state index contributed by atoms with van der Waals surface area (Å²) in [5.41, 5.74) is 1.82. The van der Waals surface area contributed by atoms with Gasteiger partial charge < -0.3 is 5.32 Å². The molecule has 2 heterocycles. The average Bonchev–Trinajstić information content (AvgIpc) is 2.99. The van der Waals surface area contributed by atoms with Gasteiger partial charge in [-0.05, 0) is 29.8 Å². The lowest BCUT2D eigenvalue weighted by molar-refractivity contribution is 0.103. The van der Waals surface area contributed by atoms with Gasteiger partial charge in [-0.3, -0.25) is 9.78 Å². The number of nitrogens with one attached hydrogen (secondary N) is 1. The third kappa shape index (κ3) is 2.75. The van der Waals surface area contributed by atoms with Crippen molar-refractivity contribution in [1.29, 1.82) is 0 Å². The van der Waals surface area contributed by atoms with E-state index in [0.717, 1.165) is 10.4 Å². The van der Waals surface area contributed by atoms with Gasteiger partial charge in [0, 0.05) is 11.1 Å². The van der Waals surface area contributed by atoms with Crippen LogP contribution in [0.5, 0.6) is 0 Å². The normalized spacial score (nSPS) is 10.2. The molecule has 0 aliphatic carbocycles. The van der Waals surface area contributed by atoms with Crippen molar-refractivity contribution in [1.82, 2.24) is 4.98 Å². The predicted octanol–water partition coefficient (Wildman–Crippen LogP) is 4.06.